The zero-order chi connectivity index (χ0) is 18.8. The van der Waals surface area contributed by atoms with Crippen molar-refractivity contribution in [2.45, 2.75) is 78.1 Å². The molecule has 0 radical (unpaired) electrons. The van der Waals surface area contributed by atoms with Crippen LogP contribution in [0.1, 0.15) is 78.1 Å². The van der Waals surface area contributed by atoms with Crippen molar-refractivity contribution in [3.05, 3.63) is 0 Å². The second kappa shape index (κ2) is 9.61. The molecule has 0 amide bonds. The van der Waals surface area contributed by atoms with Crippen molar-refractivity contribution in [3.8, 4) is 0 Å². The molecule has 1 aliphatic heterocycles. The Bertz CT molecular complexity index is 318. The molecule has 0 aromatic rings. The molecule has 0 aromatic heterocycles. The molecule has 1 rings (SSSR count). The second-order valence-corrected chi connectivity index (χ2v) is 9.05. The Morgan fingerprint density at radius 2 is 1.29 bits per heavy atom. The Hall–Kier alpha value is -0.0300. The van der Waals surface area contributed by atoms with Crippen LogP contribution in [0.15, 0.2) is 0 Å². The second-order valence-electron chi connectivity index (χ2n) is 7.13. The monoisotopic (exact) mass is 385 g/mol. The molecule has 1 heterocycles. The van der Waals surface area contributed by atoms with Gasteiger partial charge in [-0.1, -0.05) is 52.4 Å². The molecule has 2 unspecified atom stereocenters. The first-order valence-electron chi connectivity index (χ1n) is 9.18. The molecule has 1 fully saturated rings. The molecular weight excluding hydrogens is 351 g/mol. The Morgan fingerprint density at radius 1 is 0.833 bits per heavy atom. The first-order valence-corrected chi connectivity index (χ1v) is 11.2. The summed E-state index contributed by atoms with van der Waals surface area (Å²) in [5.74, 6) is 0.979. The fourth-order valence-corrected chi connectivity index (χ4v) is 3.13. The number of unbranched alkanes of at least 4 members (excludes halogenated alkanes) is 7. The molecule has 1 aliphatic rings. The van der Waals surface area contributed by atoms with E-state index in [1.54, 1.807) is 0 Å². The summed E-state index contributed by atoms with van der Waals surface area (Å²) < 4.78 is 59.2. The van der Waals surface area contributed by atoms with Crippen LogP contribution in [0.5, 0.6) is 0 Å². The van der Waals surface area contributed by atoms with Crippen LogP contribution in [0.25, 0.3) is 0 Å². The van der Waals surface area contributed by atoms with E-state index in [1.807, 2.05) is 4.90 Å². The van der Waals surface area contributed by atoms with Gasteiger partial charge in [0.2, 0.25) is 0 Å². The van der Waals surface area contributed by atoms with E-state index < -0.39 is 7.81 Å². The number of halogens is 6. The summed E-state index contributed by atoms with van der Waals surface area (Å²) in [5.41, 5.74) is 0. The molecule has 150 valence electrons. The molecule has 1 N–H and O–H groups in total. The van der Waals surface area contributed by atoms with Gasteiger partial charge in [0.25, 0.3) is 0 Å². The molecule has 1 nitrogen and oxygen atoms in total. The molecule has 0 aliphatic carbocycles. The summed E-state index contributed by atoms with van der Waals surface area (Å²) >= 11 is 0. The molecule has 8 heteroatoms. The summed E-state index contributed by atoms with van der Waals surface area (Å²) in [6.45, 7) is 9.05. The zero-order valence-electron chi connectivity index (χ0n) is 15.0. The van der Waals surface area contributed by atoms with E-state index in [-0.39, 0.29) is 0 Å². The average molecular weight is 385 g/mol. The first-order chi connectivity index (χ1) is 10.8. The molecular formula is C16H34F6NP. The van der Waals surface area contributed by atoms with Gasteiger partial charge in [-0.15, -0.1) is 0 Å². The fraction of sp³-hybridized carbons (Fsp3) is 1.00. The van der Waals surface area contributed by atoms with E-state index in [1.165, 1.54) is 83.8 Å². The fourth-order valence-electron chi connectivity index (χ4n) is 3.13. The minimum atomic E-state index is -10.7. The summed E-state index contributed by atoms with van der Waals surface area (Å²) in [6.07, 6.45) is 14.6. The summed E-state index contributed by atoms with van der Waals surface area (Å²) in [6, 6.07) is 0. The van der Waals surface area contributed by atoms with E-state index in [2.05, 4.69) is 13.8 Å². The van der Waals surface area contributed by atoms with Gasteiger partial charge in [-0.3, -0.25) is 0 Å². The summed E-state index contributed by atoms with van der Waals surface area (Å²) in [4.78, 5) is 1.88. The van der Waals surface area contributed by atoms with Crippen LogP contribution in [-0.2, 0) is 0 Å². The molecule has 0 aromatic carbocycles. The van der Waals surface area contributed by atoms with Gasteiger partial charge in [0.05, 0.1) is 19.6 Å². The van der Waals surface area contributed by atoms with Crippen LogP contribution < -0.4 is 4.90 Å². The van der Waals surface area contributed by atoms with Gasteiger partial charge < -0.3 is 4.90 Å². The third-order valence-electron chi connectivity index (χ3n) is 4.25. The normalized spacial score (nSPS) is 24.5. The SMILES string of the molecule is CCCCCCCCCC[NH+]1CCCC(C)C1.F[P-](F)(F)(F)(F)F. The summed E-state index contributed by atoms with van der Waals surface area (Å²) in [5, 5.41) is 0. The van der Waals surface area contributed by atoms with Crippen molar-refractivity contribution in [2.75, 3.05) is 19.6 Å². The van der Waals surface area contributed by atoms with Gasteiger partial charge in [-0.25, -0.2) is 0 Å². The van der Waals surface area contributed by atoms with E-state index in [0.717, 1.165) is 5.92 Å². The van der Waals surface area contributed by atoms with Crippen molar-refractivity contribution in [3.63, 3.8) is 0 Å². The Kier molecular flexibility index (Phi) is 9.60. The van der Waals surface area contributed by atoms with Crippen molar-refractivity contribution < 1.29 is 30.1 Å². The van der Waals surface area contributed by atoms with Gasteiger partial charge >= 0.3 is 33.0 Å². The predicted molar refractivity (Wildman–Crippen MR) is 90.1 cm³/mol. The van der Waals surface area contributed by atoms with Gasteiger partial charge in [-0.05, 0) is 25.7 Å². The van der Waals surface area contributed by atoms with E-state index in [4.69, 9.17) is 0 Å². The van der Waals surface area contributed by atoms with E-state index in [9.17, 15) is 25.2 Å². The molecule has 2 atom stereocenters. The van der Waals surface area contributed by atoms with Crippen molar-refractivity contribution in [1.82, 2.24) is 0 Å². The number of piperidine rings is 1. The maximum absolute atomic E-state index is 10.7. The third kappa shape index (κ3) is 24.2. The number of hydrogen-bond donors (Lipinski definition) is 1. The van der Waals surface area contributed by atoms with Crippen molar-refractivity contribution in [1.29, 1.82) is 0 Å². The Morgan fingerprint density at radius 3 is 1.75 bits per heavy atom. The number of likely N-dealkylation sites (tertiary alicyclic amines) is 1. The van der Waals surface area contributed by atoms with Crippen LogP contribution in [0.4, 0.5) is 25.2 Å². The van der Waals surface area contributed by atoms with Crippen LogP contribution >= 0.6 is 7.81 Å². The quantitative estimate of drug-likeness (QED) is 0.252. The average Bonchev–Trinajstić information content (AvgIpc) is 2.38. The Balaban J connectivity index is 0.000000640. The third-order valence-corrected chi connectivity index (χ3v) is 4.25. The van der Waals surface area contributed by atoms with Crippen molar-refractivity contribution >= 4 is 7.81 Å². The zero-order valence-corrected chi connectivity index (χ0v) is 15.9. The first kappa shape index (κ1) is 24.0. The number of nitrogens with one attached hydrogen (secondary N) is 1. The maximum atomic E-state index is 9.87. The van der Waals surface area contributed by atoms with E-state index >= 15 is 0 Å². The van der Waals surface area contributed by atoms with Gasteiger partial charge in [0.1, 0.15) is 0 Å². The molecule has 0 saturated carbocycles. The standard InChI is InChI=1S/C16H33N.F6P/c1-3-4-5-6-7-8-9-10-13-17-14-11-12-16(2)15-17;1-7(2,3,4,5)6/h16H,3-15H2,1-2H3;/q;-1/p+1. The molecule has 0 bridgehead atoms. The molecule has 1 saturated heterocycles. The molecule has 24 heavy (non-hydrogen) atoms. The minimum absolute atomic E-state index is 0.979. The predicted octanol–water partition coefficient (Wildman–Crippen LogP) is 6.82. The molecule has 0 spiro atoms. The van der Waals surface area contributed by atoms with Gasteiger partial charge in [0.15, 0.2) is 0 Å². The topological polar surface area (TPSA) is 4.44 Å². The van der Waals surface area contributed by atoms with Crippen molar-refractivity contribution in [2.24, 2.45) is 5.92 Å². The van der Waals surface area contributed by atoms with Crippen LogP contribution in [0.2, 0.25) is 0 Å². The van der Waals surface area contributed by atoms with Gasteiger partial charge in [-0.2, -0.15) is 0 Å². The van der Waals surface area contributed by atoms with E-state index in [0.29, 0.717) is 0 Å². The van der Waals surface area contributed by atoms with Gasteiger partial charge in [0, 0.05) is 5.92 Å². The summed E-state index contributed by atoms with van der Waals surface area (Å²) in [7, 11) is -10.7. The number of rotatable bonds is 9. The number of hydrogen-bond acceptors (Lipinski definition) is 0. The number of quaternary nitrogens is 1. The Labute approximate surface area is 142 Å². The van der Waals surface area contributed by atoms with Crippen LogP contribution in [0.3, 0.4) is 0 Å². The van der Waals surface area contributed by atoms with Crippen LogP contribution in [-0.4, -0.2) is 19.6 Å². The van der Waals surface area contributed by atoms with Crippen LogP contribution in [0, 0.1) is 5.92 Å².